The molecule has 24 heavy (non-hydrogen) atoms. The minimum atomic E-state index is 0.634. The second kappa shape index (κ2) is 8.26. The highest BCUT2D eigenvalue weighted by Crippen LogP contribution is 2.21. The van der Waals surface area contributed by atoms with E-state index in [-0.39, 0.29) is 0 Å². The lowest BCUT2D eigenvalue weighted by molar-refractivity contribution is 0.158. The number of piperidine rings is 1. The van der Waals surface area contributed by atoms with Gasteiger partial charge in [0.2, 0.25) is 11.7 Å². The molecule has 1 saturated heterocycles. The van der Waals surface area contributed by atoms with Gasteiger partial charge in [-0.3, -0.25) is 4.90 Å². The van der Waals surface area contributed by atoms with Crippen LogP contribution >= 0.6 is 0 Å². The van der Waals surface area contributed by atoms with Crippen molar-refractivity contribution in [2.75, 3.05) is 33.3 Å². The van der Waals surface area contributed by atoms with Gasteiger partial charge in [-0.05, 0) is 69.2 Å². The molecule has 0 saturated carbocycles. The minimum absolute atomic E-state index is 0.634. The van der Waals surface area contributed by atoms with Gasteiger partial charge in [-0.2, -0.15) is 4.98 Å². The highest BCUT2D eigenvalue weighted by molar-refractivity contribution is 5.55. The molecule has 0 amide bonds. The van der Waals surface area contributed by atoms with E-state index in [0.717, 1.165) is 50.0 Å². The molecule has 1 aliphatic rings. The van der Waals surface area contributed by atoms with Crippen LogP contribution in [-0.2, 0) is 6.54 Å². The monoisotopic (exact) mass is 330 g/mol. The van der Waals surface area contributed by atoms with Crippen molar-refractivity contribution in [2.24, 2.45) is 5.92 Å². The Morgan fingerprint density at radius 1 is 1.25 bits per heavy atom. The normalized spacial score (nSPS) is 16.4. The van der Waals surface area contributed by atoms with Crippen LogP contribution in [0, 0.1) is 5.92 Å². The number of benzene rings is 1. The zero-order valence-corrected chi connectivity index (χ0v) is 14.5. The summed E-state index contributed by atoms with van der Waals surface area (Å²) in [6.45, 7) is 7.26. The predicted octanol–water partition coefficient (Wildman–Crippen LogP) is 2.57. The van der Waals surface area contributed by atoms with E-state index in [4.69, 9.17) is 9.26 Å². The lowest BCUT2D eigenvalue weighted by atomic mass is 9.97. The molecule has 0 unspecified atom stereocenters. The molecule has 1 aromatic carbocycles. The Hall–Kier alpha value is -1.92. The van der Waals surface area contributed by atoms with Crippen molar-refractivity contribution in [2.45, 2.75) is 26.3 Å². The topological polar surface area (TPSA) is 63.4 Å². The van der Waals surface area contributed by atoms with Crippen LogP contribution in [0.25, 0.3) is 11.4 Å². The summed E-state index contributed by atoms with van der Waals surface area (Å²) in [5, 5.41) is 7.54. The van der Waals surface area contributed by atoms with E-state index in [1.54, 1.807) is 7.11 Å². The molecule has 1 fully saturated rings. The van der Waals surface area contributed by atoms with Crippen molar-refractivity contribution in [3.05, 3.63) is 30.2 Å². The Balaban J connectivity index is 1.53. The van der Waals surface area contributed by atoms with E-state index in [2.05, 4.69) is 27.3 Å². The maximum absolute atomic E-state index is 5.42. The summed E-state index contributed by atoms with van der Waals surface area (Å²) in [5.41, 5.74) is 0.940. The molecule has 0 bridgehead atoms. The second-order valence-corrected chi connectivity index (χ2v) is 6.27. The van der Waals surface area contributed by atoms with Crippen molar-refractivity contribution in [3.63, 3.8) is 0 Å². The van der Waals surface area contributed by atoms with Crippen LogP contribution in [0.3, 0.4) is 0 Å². The first-order valence-corrected chi connectivity index (χ1v) is 8.68. The number of ether oxygens (including phenoxy) is 1. The first-order chi connectivity index (χ1) is 11.8. The largest absolute Gasteiger partial charge is 0.497 e. The third kappa shape index (κ3) is 4.33. The molecule has 130 valence electrons. The number of nitrogens with zero attached hydrogens (tertiary/aromatic N) is 3. The van der Waals surface area contributed by atoms with Crippen molar-refractivity contribution in [3.8, 4) is 17.1 Å². The smallest absolute Gasteiger partial charge is 0.241 e. The van der Waals surface area contributed by atoms with Crippen molar-refractivity contribution < 1.29 is 9.26 Å². The van der Waals surface area contributed by atoms with E-state index in [0.29, 0.717) is 11.7 Å². The van der Waals surface area contributed by atoms with E-state index in [1.165, 1.54) is 12.8 Å². The van der Waals surface area contributed by atoms with Gasteiger partial charge in [0.1, 0.15) is 5.75 Å². The van der Waals surface area contributed by atoms with Gasteiger partial charge < -0.3 is 14.6 Å². The van der Waals surface area contributed by atoms with Crippen molar-refractivity contribution >= 4 is 0 Å². The first-order valence-electron chi connectivity index (χ1n) is 8.68. The maximum Gasteiger partial charge on any atom is 0.241 e. The predicted molar refractivity (Wildman–Crippen MR) is 92.8 cm³/mol. The number of hydrogen-bond acceptors (Lipinski definition) is 6. The molecule has 3 rings (SSSR count). The van der Waals surface area contributed by atoms with Gasteiger partial charge in [0.25, 0.3) is 0 Å². The Labute approximate surface area is 143 Å². The van der Waals surface area contributed by atoms with Gasteiger partial charge in [0.05, 0.1) is 13.7 Å². The molecule has 1 aromatic heterocycles. The molecule has 1 N–H and O–H groups in total. The molecule has 6 nitrogen and oxygen atoms in total. The molecular weight excluding hydrogens is 304 g/mol. The average molecular weight is 330 g/mol. The van der Waals surface area contributed by atoms with Gasteiger partial charge in [-0.25, -0.2) is 0 Å². The summed E-state index contributed by atoms with van der Waals surface area (Å²) >= 11 is 0. The van der Waals surface area contributed by atoms with Crippen LogP contribution in [0.2, 0.25) is 0 Å². The maximum atomic E-state index is 5.42. The SMILES string of the molecule is CCNCC1CCN(Cc2nc(-c3ccc(OC)cc3)no2)CC1. The molecule has 2 heterocycles. The van der Waals surface area contributed by atoms with Crippen LogP contribution in [0.15, 0.2) is 28.8 Å². The van der Waals surface area contributed by atoms with Crippen LogP contribution in [0.5, 0.6) is 5.75 Å². The lowest BCUT2D eigenvalue weighted by Crippen LogP contribution is -2.36. The fourth-order valence-electron chi connectivity index (χ4n) is 3.06. The summed E-state index contributed by atoms with van der Waals surface area (Å²) in [6.07, 6.45) is 2.46. The second-order valence-electron chi connectivity index (χ2n) is 6.27. The van der Waals surface area contributed by atoms with Gasteiger partial charge in [-0.15, -0.1) is 0 Å². The number of nitrogens with one attached hydrogen (secondary N) is 1. The van der Waals surface area contributed by atoms with Crippen LogP contribution in [-0.4, -0.2) is 48.3 Å². The Bertz CT molecular complexity index is 618. The summed E-state index contributed by atoms with van der Waals surface area (Å²) < 4.78 is 10.6. The Morgan fingerprint density at radius 2 is 2.00 bits per heavy atom. The van der Waals surface area contributed by atoms with Gasteiger partial charge in [-0.1, -0.05) is 12.1 Å². The zero-order chi connectivity index (χ0) is 16.8. The lowest BCUT2D eigenvalue weighted by Gasteiger charge is -2.30. The van der Waals surface area contributed by atoms with E-state index < -0.39 is 0 Å². The number of hydrogen-bond donors (Lipinski definition) is 1. The van der Waals surface area contributed by atoms with Gasteiger partial charge in [0, 0.05) is 5.56 Å². The third-order valence-electron chi connectivity index (χ3n) is 4.57. The first kappa shape index (κ1) is 16.9. The molecule has 0 radical (unpaired) electrons. The van der Waals surface area contributed by atoms with Crippen molar-refractivity contribution in [1.82, 2.24) is 20.4 Å². The fourth-order valence-corrected chi connectivity index (χ4v) is 3.06. The number of likely N-dealkylation sites (tertiary alicyclic amines) is 1. The van der Waals surface area contributed by atoms with E-state index in [1.807, 2.05) is 24.3 Å². The van der Waals surface area contributed by atoms with Crippen LogP contribution in [0.4, 0.5) is 0 Å². The molecule has 0 spiro atoms. The summed E-state index contributed by atoms with van der Waals surface area (Å²) in [6, 6.07) is 7.69. The minimum Gasteiger partial charge on any atom is -0.497 e. The quantitative estimate of drug-likeness (QED) is 0.842. The Morgan fingerprint density at radius 3 is 2.67 bits per heavy atom. The fraction of sp³-hybridized carbons (Fsp3) is 0.556. The van der Waals surface area contributed by atoms with E-state index >= 15 is 0 Å². The molecular formula is C18H26N4O2. The molecule has 0 aliphatic carbocycles. The average Bonchev–Trinajstić information content (AvgIpc) is 3.10. The van der Waals surface area contributed by atoms with Gasteiger partial charge in [0.15, 0.2) is 0 Å². The van der Waals surface area contributed by atoms with Crippen molar-refractivity contribution in [1.29, 1.82) is 0 Å². The Kier molecular flexibility index (Phi) is 5.82. The summed E-state index contributed by atoms with van der Waals surface area (Å²) in [4.78, 5) is 6.92. The highest BCUT2D eigenvalue weighted by Gasteiger charge is 2.20. The number of aromatic nitrogens is 2. The molecule has 0 atom stereocenters. The standard InChI is InChI=1S/C18H26N4O2/c1-3-19-12-14-8-10-22(11-9-14)13-17-20-18(21-24-17)15-4-6-16(23-2)7-5-15/h4-7,14,19H,3,8-13H2,1-2H3. The molecule has 1 aliphatic heterocycles. The number of methoxy groups -OCH3 is 1. The van der Waals surface area contributed by atoms with E-state index in [9.17, 15) is 0 Å². The number of rotatable bonds is 7. The highest BCUT2D eigenvalue weighted by atomic mass is 16.5. The molecule has 2 aromatic rings. The van der Waals surface area contributed by atoms with Crippen LogP contribution < -0.4 is 10.1 Å². The van der Waals surface area contributed by atoms with Gasteiger partial charge >= 0.3 is 0 Å². The molecule has 6 heteroatoms. The summed E-state index contributed by atoms with van der Waals surface area (Å²) in [7, 11) is 1.66. The third-order valence-corrected chi connectivity index (χ3v) is 4.57. The summed E-state index contributed by atoms with van der Waals surface area (Å²) in [5.74, 6) is 2.93. The zero-order valence-electron chi connectivity index (χ0n) is 14.5. The van der Waals surface area contributed by atoms with Crippen LogP contribution in [0.1, 0.15) is 25.7 Å².